The van der Waals surface area contributed by atoms with Crippen molar-refractivity contribution in [2.24, 2.45) is 5.73 Å². The monoisotopic (exact) mass is 437 g/mol. The average molecular weight is 437 g/mol. The third-order valence-corrected chi connectivity index (χ3v) is 5.74. The van der Waals surface area contributed by atoms with Gasteiger partial charge in [0.1, 0.15) is 17.8 Å². The van der Waals surface area contributed by atoms with Gasteiger partial charge in [0.05, 0.1) is 11.1 Å². The van der Waals surface area contributed by atoms with Gasteiger partial charge in [-0.05, 0) is 30.2 Å². The maximum atomic E-state index is 14.0. The van der Waals surface area contributed by atoms with E-state index in [1.54, 1.807) is 24.3 Å². The zero-order chi connectivity index (χ0) is 22.5. The molecule has 0 aliphatic carbocycles. The van der Waals surface area contributed by atoms with Crippen molar-refractivity contribution in [3.63, 3.8) is 0 Å². The number of fused-ring (bicyclic) bond motifs is 2. The Hall–Kier alpha value is -3.55. The van der Waals surface area contributed by atoms with Gasteiger partial charge in [-0.2, -0.15) is 18.4 Å². The van der Waals surface area contributed by atoms with Gasteiger partial charge >= 0.3 is 6.18 Å². The van der Waals surface area contributed by atoms with E-state index in [2.05, 4.69) is 21.3 Å². The molecule has 0 unspecified atom stereocenters. The van der Waals surface area contributed by atoms with Crippen LogP contribution in [0.5, 0.6) is 0 Å². The number of aromatic nitrogens is 4. The van der Waals surface area contributed by atoms with Crippen LogP contribution in [0.1, 0.15) is 23.6 Å². The lowest BCUT2D eigenvalue weighted by Gasteiger charge is -2.30. The molecule has 32 heavy (non-hydrogen) atoms. The molecular weight excluding hydrogens is 419 g/mol. The van der Waals surface area contributed by atoms with Gasteiger partial charge in [-0.1, -0.05) is 24.3 Å². The quantitative estimate of drug-likeness (QED) is 0.527. The fraction of sp³-hybridized carbons (Fsp3) is 0.273. The van der Waals surface area contributed by atoms with Crippen molar-refractivity contribution in [2.45, 2.75) is 24.7 Å². The van der Waals surface area contributed by atoms with Gasteiger partial charge in [0.2, 0.25) is 0 Å². The highest BCUT2D eigenvalue weighted by atomic mass is 19.4. The Bertz CT molecular complexity index is 1360. The van der Waals surface area contributed by atoms with Crippen molar-refractivity contribution < 1.29 is 13.2 Å². The van der Waals surface area contributed by atoms with Crippen molar-refractivity contribution in [1.82, 2.24) is 24.5 Å². The number of rotatable bonds is 3. The summed E-state index contributed by atoms with van der Waals surface area (Å²) in [4.78, 5) is 5.92. The Morgan fingerprint density at radius 1 is 1.12 bits per heavy atom. The molecule has 5 rings (SSSR count). The van der Waals surface area contributed by atoms with Gasteiger partial charge in [0.15, 0.2) is 11.5 Å². The van der Waals surface area contributed by atoms with Crippen LogP contribution in [-0.4, -0.2) is 49.8 Å². The van der Waals surface area contributed by atoms with Gasteiger partial charge in [-0.15, -0.1) is 10.2 Å². The highest BCUT2D eigenvalue weighted by Crippen LogP contribution is 2.39. The van der Waals surface area contributed by atoms with Crippen molar-refractivity contribution in [3.8, 4) is 17.6 Å². The maximum absolute atomic E-state index is 14.0. The van der Waals surface area contributed by atoms with E-state index in [0.29, 0.717) is 34.7 Å². The van der Waals surface area contributed by atoms with E-state index < -0.39 is 12.2 Å². The number of hydrogen-bond acceptors (Lipinski definition) is 6. The molecule has 1 saturated heterocycles. The average Bonchev–Trinajstić information content (AvgIpc) is 3.38. The number of benzene rings is 1. The summed E-state index contributed by atoms with van der Waals surface area (Å²) in [7, 11) is 0. The van der Waals surface area contributed by atoms with Crippen molar-refractivity contribution in [1.29, 1.82) is 5.26 Å². The van der Waals surface area contributed by atoms with Crippen LogP contribution in [0, 0.1) is 11.3 Å². The van der Waals surface area contributed by atoms with E-state index in [1.165, 1.54) is 27.6 Å². The minimum absolute atomic E-state index is 0.0821. The van der Waals surface area contributed by atoms with Gasteiger partial charge in [0.25, 0.3) is 0 Å². The predicted molar refractivity (Wildman–Crippen MR) is 111 cm³/mol. The molecule has 1 aliphatic rings. The van der Waals surface area contributed by atoms with Crippen LogP contribution in [0.25, 0.3) is 28.1 Å². The third-order valence-electron chi connectivity index (χ3n) is 5.74. The first-order valence-corrected chi connectivity index (χ1v) is 10.1. The summed E-state index contributed by atoms with van der Waals surface area (Å²) in [6, 6.07) is 11.8. The third kappa shape index (κ3) is 3.45. The molecule has 1 aromatic carbocycles. The minimum atomic E-state index is -4.46. The highest BCUT2D eigenvalue weighted by Gasteiger charge is 2.46. The molecule has 7 nitrogen and oxygen atoms in total. The molecule has 10 heteroatoms. The van der Waals surface area contributed by atoms with E-state index >= 15 is 0 Å². The molecule has 3 aromatic heterocycles. The van der Waals surface area contributed by atoms with Gasteiger partial charge < -0.3 is 5.73 Å². The lowest BCUT2D eigenvalue weighted by Crippen LogP contribution is -2.38. The number of pyridine rings is 2. The molecule has 0 spiro atoms. The Kier molecular flexibility index (Phi) is 4.80. The molecule has 0 saturated carbocycles. The van der Waals surface area contributed by atoms with Crippen LogP contribution in [0.15, 0.2) is 48.7 Å². The van der Waals surface area contributed by atoms with Gasteiger partial charge in [-0.3, -0.25) is 9.30 Å². The first-order valence-electron chi connectivity index (χ1n) is 10.1. The number of halogens is 3. The first kappa shape index (κ1) is 20.4. The number of para-hydroxylation sites is 1. The molecule has 1 aliphatic heterocycles. The largest absolute Gasteiger partial charge is 0.408 e. The molecule has 2 atom stereocenters. The number of nitrogens with zero attached hydrogens (tertiary/aromatic N) is 6. The summed E-state index contributed by atoms with van der Waals surface area (Å²) < 4.78 is 43.6. The summed E-state index contributed by atoms with van der Waals surface area (Å²) in [5.74, 6) is 0.301. The Balaban J connectivity index is 1.63. The molecule has 2 N–H and O–H groups in total. The molecule has 162 valence electrons. The second kappa shape index (κ2) is 7.55. The molecular formula is C22H18F3N7. The van der Waals surface area contributed by atoms with Crippen molar-refractivity contribution in [2.75, 3.05) is 13.1 Å². The van der Waals surface area contributed by atoms with Crippen molar-refractivity contribution >= 4 is 16.6 Å². The van der Waals surface area contributed by atoms with Crippen LogP contribution < -0.4 is 5.73 Å². The van der Waals surface area contributed by atoms with Crippen LogP contribution in [0.2, 0.25) is 0 Å². The fourth-order valence-corrected chi connectivity index (χ4v) is 4.26. The first-order chi connectivity index (χ1) is 15.3. The van der Waals surface area contributed by atoms with E-state index in [1.807, 2.05) is 6.07 Å². The molecule has 4 aromatic rings. The second-order valence-electron chi connectivity index (χ2n) is 7.89. The Morgan fingerprint density at radius 3 is 2.69 bits per heavy atom. The van der Waals surface area contributed by atoms with Crippen LogP contribution in [0.4, 0.5) is 13.2 Å². The Morgan fingerprint density at radius 2 is 1.97 bits per heavy atom. The molecule has 0 bridgehead atoms. The molecule has 4 heterocycles. The van der Waals surface area contributed by atoms with Crippen molar-refractivity contribution in [3.05, 3.63) is 59.8 Å². The van der Waals surface area contributed by atoms with E-state index in [-0.39, 0.29) is 24.7 Å². The zero-order valence-corrected chi connectivity index (χ0v) is 16.8. The van der Waals surface area contributed by atoms with Crippen LogP contribution >= 0.6 is 0 Å². The maximum Gasteiger partial charge on any atom is 0.408 e. The summed E-state index contributed by atoms with van der Waals surface area (Å²) in [5, 5.41) is 18.4. The van der Waals surface area contributed by atoms with E-state index in [4.69, 9.17) is 5.73 Å². The Labute approximate surface area is 180 Å². The standard InChI is InChI=1S/C22H18F3N7/c23-22(24,25)20(31-9-8-16(27)12-31)15-5-7-18-29-30-21(32(18)11-15)17-6-4-13-2-1-3-14(10-26)19(13)28-17/h1-7,11,16,20H,8-9,12,27H2/t16-,20+/m0/s1. The second-order valence-corrected chi connectivity index (χ2v) is 7.89. The smallest absolute Gasteiger partial charge is 0.326 e. The predicted octanol–water partition coefficient (Wildman–Crippen LogP) is 3.45. The van der Waals surface area contributed by atoms with Crippen LogP contribution in [0.3, 0.4) is 0 Å². The zero-order valence-electron chi connectivity index (χ0n) is 16.8. The topological polar surface area (TPSA) is 96.1 Å². The molecule has 0 amide bonds. The van der Waals surface area contributed by atoms with Gasteiger partial charge in [0, 0.05) is 30.7 Å². The van der Waals surface area contributed by atoms with E-state index in [0.717, 1.165) is 5.39 Å². The number of alkyl halides is 3. The SMILES string of the molecule is N#Cc1cccc2ccc(-c3nnc4ccc([C@@H](N5CC[C@H](N)C5)C(F)(F)F)cn34)nc12. The normalized spacial score (nSPS) is 18.3. The highest BCUT2D eigenvalue weighted by molar-refractivity contribution is 5.85. The lowest BCUT2D eigenvalue weighted by molar-refractivity contribution is -0.183. The summed E-state index contributed by atoms with van der Waals surface area (Å²) in [6.45, 7) is 0.460. The number of hydrogen-bond donors (Lipinski definition) is 1. The number of likely N-dealkylation sites (tertiary alicyclic amines) is 1. The summed E-state index contributed by atoms with van der Waals surface area (Å²) in [6.07, 6.45) is -2.53. The van der Waals surface area contributed by atoms with Crippen LogP contribution in [-0.2, 0) is 0 Å². The number of nitrogens with two attached hydrogens (primary N) is 1. The molecule has 1 fully saturated rings. The van der Waals surface area contributed by atoms with E-state index in [9.17, 15) is 18.4 Å². The lowest BCUT2D eigenvalue weighted by atomic mass is 10.1. The summed E-state index contributed by atoms with van der Waals surface area (Å²) in [5.41, 5.74) is 7.66. The van der Waals surface area contributed by atoms with Gasteiger partial charge in [-0.25, -0.2) is 4.98 Å². The number of nitriles is 1. The summed E-state index contributed by atoms with van der Waals surface area (Å²) >= 11 is 0. The molecule has 0 radical (unpaired) electrons. The fourth-order valence-electron chi connectivity index (χ4n) is 4.26. The minimum Gasteiger partial charge on any atom is -0.326 e.